The normalized spacial score (nSPS) is 10.9. The quantitative estimate of drug-likeness (QED) is 0.0441. The molecule has 1 aromatic heterocycles. The summed E-state index contributed by atoms with van der Waals surface area (Å²) >= 11 is 2.16. The van der Waals surface area contributed by atoms with E-state index in [1.165, 1.54) is 37.1 Å². The average molecular weight is 765 g/mol. The van der Waals surface area contributed by atoms with Crippen molar-refractivity contribution in [3.8, 4) is 11.5 Å². The summed E-state index contributed by atoms with van der Waals surface area (Å²) in [6, 6.07) is 28.4. The van der Waals surface area contributed by atoms with Gasteiger partial charge in [0.25, 0.3) is 17.7 Å². The zero-order valence-corrected chi connectivity index (χ0v) is 31.1. The predicted octanol–water partition coefficient (Wildman–Crippen LogP) is 7.34. The van der Waals surface area contributed by atoms with Crippen molar-refractivity contribution in [1.82, 2.24) is 5.32 Å². The first-order valence-electron chi connectivity index (χ1n) is 16.5. The first kappa shape index (κ1) is 38.8. The number of phenolic OH excluding ortho intramolecular Hbond substituents is 1. The summed E-state index contributed by atoms with van der Waals surface area (Å²) < 4.78 is 10.6. The highest BCUT2D eigenvalue weighted by atomic mass is 32.2. The summed E-state index contributed by atoms with van der Waals surface area (Å²) in [6.45, 7) is 3.40. The highest BCUT2D eigenvalue weighted by molar-refractivity contribution is 8.00. The zero-order chi connectivity index (χ0) is 38.6. The molecule has 276 valence electrons. The fourth-order valence-electron chi connectivity index (χ4n) is 5.07. The predicted molar refractivity (Wildman–Crippen MR) is 210 cm³/mol. The number of amides is 4. The standard InChI is InChI=1S/C40H36N4O8S2/c1-4-52-40(50)34-24(2)35(38(49)41-27-14-9-6-10-15-27)54-39(34)44-33(46)23-53-30-17-11-16-28(21-30)42-37(48)31(43-36(47)25-12-7-5-8-13-25)20-26-18-19-29(45)22-32(26)51-3/h5-22,45H,4,23H2,1-3H3,(H,41,49)(H,42,48)(H,43,47)(H,44,46)/b31-20+. The van der Waals surface area contributed by atoms with E-state index < -0.39 is 29.6 Å². The number of benzene rings is 4. The molecule has 0 radical (unpaired) electrons. The molecule has 5 aromatic rings. The number of thiophene rings is 1. The number of hydrogen-bond donors (Lipinski definition) is 5. The number of rotatable bonds is 14. The van der Waals surface area contributed by atoms with Crippen molar-refractivity contribution >= 4 is 75.1 Å². The first-order valence-corrected chi connectivity index (χ1v) is 18.3. The minimum Gasteiger partial charge on any atom is -0.508 e. The number of anilines is 3. The van der Waals surface area contributed by atoms with Crippen molar-refractivity contribution in [3.05, 3.63) is 136 Å². The Labute approximate surface area is 319 Å². The monoisotopic (exact) mass is 764 g/mol. The molecule has 0 fully saturated rings. The lowest BCUT2D eigenvalue weighted by Crippen LogP contribution is -2.30. The molecule has 54 heavy (non-hydrogen) atoms. The van der Waals surface area contributed by atoms with E-state index in [4.69, 9.17) is 9.47 Å². The van der Waals surface area contributed by atoms with E-state index in [1.807, 2.05) is 6.07 Å². The smallest absolute Gasteiger partial charge is 0.341 e. The Kier molecular flexibility index (Phi) is 13.2. The molecule has 0 spiro atoms. The lowest BCUT2D eigenvalue weighted by molar-refractivity contribution is -0.114. The van der Waals surface area contributed by atoms with Gasteiger partial charge in [0, 0.05) is 33.5 Å². The highest BCUT2D eigenvalue weighted by Gasteiger charge is 2.27. The maximum absolute atomic E-state index is 13.6. The second-order valence-electron chi connectivity index (χ2n) is 11.4. The molecule has 0 aliphatic rings. The van der Waals surface area contributed by atoms with Crippen LogP contribution in [0.4, 0.5) is 16.4 Å². The molecule has 0 aliphatic heterocycles. The van der Waals surface area contributed by atoms with Crippen LogP contribution in [0.3, 0.4) is 0 Å². The van der Waals surface area contributed by atoms with Gasteiger partial charge < -0.3 is 35.8 Å². The van der Waals surface area contributed by atoms with Crippen LogP contribution in [0.15, 0.2) is 114 Å². The van der Waals surface area contributed by atoms with Crippen molar-refractivity contribution in [2.45, 2.75) is 18.7 Å². The van der Waals surface area contributed by atoms with E-state index >= 15 is 0 Å². The summed E-state index contributed by atoms with van der Waals surface area (Å²) in [6.07, 6.45) is 1.44. The fraction of sp³-hybridized carbons (Fsp3) is 0.125. The average Bonchev–Trinajstić information content (AvgIpc) is 3.50. The number of phenols is 1. The number of carbonyl (C=O) groups is 5. The number of nitrogens with one attached hydrogen (secondary N) is 4. The van der Waals surface area contributed by atoms with Crippen LogP contribution in [0.25, 0.3) is 6.08 Å². The molecular weight excluding hydrogens is 729 g/mol. The van der Waals surface area contributed by atoms with E-state index in [2.05, 4.69) is 21.3 Å². The van der Waals surface area contributed by atoms with Crippen LogP contribution in [0, 0.1) is 6.92 Å². The van der Waals surface area contributed by atoms with Crippen LogP contribution in [-0.4, -0.2) is 54.2 Å². The van der Waals surface area contributed by atoms with E-state index in [0.29, 0.717) is 33.0 Å². The zero-order valence-electron chi connectivity index (χ0n) is 29.4. The first-order chi connectivity index (χ1) is 26.1. The molecule has 5 N–H and O–H groups in total. The molecule has 4 aromatic carbocycles. The minimum atomic E-state index is -0.659. The number of hydrogen-bond acceptors (Lipinski definition) is 10. The molecule has 0 atom stereocenters. The lowest BCUT2D eigenvalue weighted by Gasteiger charge is -2.13. The van der Waals surface area contributed by atoms with Crippen LogP contribution < -0.4 is 26.0 Å². The maximum atomic E-state index is 13.6. The van der Waals surface area contributed by atoms with Crippen LogP contribution in [0.2, 0.25) is 0 Å². The van der Waals surface area contributed by atoms with Crippen molar-refractivity contribution in [1.29, 1.82) is 0 Å². The molecule has 0 unspecified atom stereocenters. The largest absolute Gasteiger partial charge is 0.508 e. The number of thioether (sulfide) groups is 1. The molecule has 0 bridgehead atoms. The number of esters is 1. The third-order valence-corrected chi connectivity index (χ3v) is 9.82. The highest BCUT2D eigenvalue weighted by Crippen LogP contribution is 2.35. The van der Waals surface area contributed by atoms with Gasteiger partial charge in [0.05, 0.1) is 29.9 Å². The molecule has 1 heterocycles. The SMILES string of the molecule is CCOC(=O)c1c(NC(=O)CSc2cccc(NC(=O)/C(=C\c3ccc(O)cc3OC)NC(=O)c3ccccc3)c2)sc(C(=O)Nc2ccccc2)c1C. The van der Waals surface area contributed by atoms with E-state index in [0.717, 1.165) is 11.3 Å². The van der Waals surface area contributed by atoms with Gasteiger partial charge in [-0.2, -0.15) is 0 Å². The van der Waals surface area contributed by atoms with Crippen molar-refractivity contribution < 1.29 is 38.6 Å². The van der Waals surface area contributed by atoms with Crippen LogP contribution >= 0.6 is 23.1 Å². The molecule has 0 saturated heterocycles. The third kappa shape index (κ3) is 10.1. The fourth-order valence-corrected chi connectivity index (χ4v) is 6.93. The van der Waals surface area contributed by atoms with Gasteiger partial charge in [0.15, 0.2) is 0 Å². The Hall–Kier alpha value is -6.38. The molecule has 0 aliphatic carbocycles. The van der Waals surface area contributed by atoms with E-state index in [1.54, 1.807) is 98.8 Å². The van der Waals surface area contributed by atoms with Gasteiger partial charge in [-0.3, -0.25) is 19.2 Å². The summed E-state index contributed by atoms with van der Waals surface area (Å²) in [5.41, 5.74) is 2.13. The van der Waals surface area contributed by atoms with E-state index in [9.17, 15) is 29.1 Å². The molecular formula is C40H36N4O8S2. The Morgan fingerprint density at radius 3 is 2.22 bits per heavy atom. The molecule has 4 amide bonds. The summed E-state index contributed by atoms with van der Waals surface area (Å²) in [5, 5.41) is 21.1. The van der Waals surface area contributed by atoms with Crippen molar-refractivity contribution in [2.24, 2.45) is 0 Å². The second kappa shape index (κ2) is 18.4. The summed E-state index contributed by atoms with van der Waals surface area (Å²) in [4.78, 5) is 66.8. The Morgan fingerprint density at radius 1 is 0.815 bits per heavy atom. The van der Waals surface area contributed by atoms with Gasteiger partial charge in [0.1, 0.15) is 22.2 Å². The Morgan fingerprint density at radius 2 is 1.52 bits per heavy atom. The Bertz CT molecular complexity index is 2200. The van der Waals surface area contributed by atoms with Gasteiger partial charge >= 0.3 is 5.97 Å². The van der Waals surface area contributed by atoms with Crippen molar-refractivity contribution in [2.75, 3.05) is 35.4 Å². The molecule has 12 nitrogen and oxygen atoms in total. The lowest BCUT2D eigenvalue weighted by atomic mass is 10.1. The Balaban J connectivity index is 1.30. The van der Waals surface area contributed by atoms with Gasteiger partial charge in [-0.05, 0) is 80.1 Å². The second-order valence-corrected chi connectivity index (χ2v) is 13.5. The van der Waals surface area contributed by atoms with Crippen LogP contribution in [0.5, 0.6) is 11.5 Å². The maximum Gasteiger partial charge on any atom is 0.341 e. The van der Waals surface area contributed by atoms with Crippen LogP contribution in [0.1, 0.15) is 48.4 Å². The molecule has 5 rings (SSSR count). The minimum absolute atomic E-state index is 0.0350. The van der Waals surface area contributed by atoms with Gasteiger partial charge in [-0.15, -0.1) is 23.1 Å². The van der Waals surface area contributed by atoms with Crippen molar-refractivity contribution in [3.63, 3.8) is 0 Å². The van der Waals surface area contributed by atoms with Gasteiger partial charge in [0.2, 0.25) is 5.91 Å². The number of methoxy groups -OCH3 is 1. The number of aromatic hydroxyl groups is 1. The number of carbonyl (C=O) groups excluding carboxylic acids is 5. The molecule has 0 saturated carbocycles. The summed E-state index contributed by atoms with van der Waals surface area (Å²) in [5.74, 6) is -2.50. The number of para-hydroxylation sites is 1. The van der Waals surface area contributed by atoms with Crippen LogP contribution in [-0.2, 0) is 14.3 Å². The van der Waals surface area contributed by atoms with Gasteiger partial charge in [-0.25, -0.2) is 4.79 Å². The number of ether oxygens (including phenoxy) is 2. The van der Waals surface area contributed by atoms with Gasteiger partial charge in [-0.1, -0.05) is 42.5 Å². The third-order valence-electron chi connectivity index (χ3n) is 7.62. The summed E-state index contributed by atoms with van der Waals surface area (Å²) in [7, 11) is 1.42. The topological polar surface area (TPSA) is 172 Å². The molecule has 14 heteroatoms. The van der Waals surface area contributed by atoms with E-state index in [-0.39, 0.29) is 45.0 Å².